The van der Waals surface area contributed by atoms with Crippen molar-refractivity contribution in [2.75, 3.05) is 5.32 Å². The van der Waals surface area contributed by atoms with Crippen molar-refractivity contribution in [2.24, 2.45) is 46.2 Å². The number of hydrogen-bond acceptors (Lipinski definition) is 5. The Bertz CT molecular complexity index is 1030. The van der Waals surface area contributed by atoms with Gasteiger partial charge in [-0.3, -0.25) is 9.59 Å². The lowest BCUT2D eigenvalue weighted by Crippen LogP contribution is -2.62. The number of carbonyl (C=O) groups excluding carboxylic acids is 2. The van der Waals surface area contributed by atoms with Crippen LogP contribution < -0.4 is 11.1 Å². The normalized spacial score (nSPS) is 42.8. The quantitative estimate of drug-likeness (QED) is 0.395. The Kier molecular flexibility index (Phi) is 7.18. The number of amides is 2. The Morgan fingerprint density at radius 3 is 2.54 bits per heavy atom. The molecule has 0 aromatic heterocycles. The summed E-state index contributed by atoms with van der Waals surface area (Å²) in [4.78, 5) is 24.3. The van der Waals surface area contributed by atoms with Gasteiger partial charge in [0.05, 0.1) is 29.6 Å². The number of para-hydroxylation sites is 1. The minimum absolute atomic E-state index is 0.0722. The largest absolute Gasteiger partial charge is 0.393 e. The first-order chi connectivity index (χ1) is 17.6. The highest BCUT2D eigenvalue weighted by atomic mass is 16.3. The van der Waals surface area contributed by atoms with Gasteiger partial charge >= 0.3 is 0 Å². The molecule has 204 valence electrons. The molecule has 2 amide bonds. The molecular formula is C30H44N2O5. The Labute approximate surface area is 220 Å². The van der Waals surface area contributed by atoms with Crippen LogP contribution in [-0.2, 0) is 4.79 Å². The van der Waals surface area contributed by atoms with E-state index in [2.05, 4.69) is 19.2 Å². The molecule has 0 spiro atoms. The lowest BCUT2D eigenvalue weighted by atomic mass is 9.43. The molecule has 0 bridgehead atoms. The molecule has 4 aliphatic carbocycles. The predicted octanol–water partition coefficient (Wildman–Crippen LogP) is 3.86. The van der Waals surface area contributed by atoms with E-state index in [9.17, 15) is 24.9 Å². The fourth-order valence-corrected chi connectivity index (χ4v) is 9.29. The molecule has 0 aliphatic heterocycles. The summed E-state index contributed by atoms with van der Waals surface area (Å²) >= 11 is 0. The van der Waals surface area contributed by atoms with Gasteiger partial charge in [0.15, 0.2) is 0 Å². The SMILES string of the molecule is C[C@]12CC[C@@H](O)C[C@H]1C[C@@H](O)[C@@H]1[C@@H]2C[C@H](O)[C@]2(C)[C@@H](CCCC(=O)Nc3ccccc3C(N)=O)CC[C@@H]12. The monoisotopic (exact) mass is 512 g/mol. The average molecular weight is 513 g/mol. The first kappa shape index (κ1) is 26.6. The fourth-order valence-electron chi connectivity index (χ4n) is 9.29. The van der Waals surface area contributed by atoms with Gasteiger partial charge in [0.1, 0.15) is 0 Å². The van der Waals surface area contributed by atoms with Crippen molar-refractivity contribution < 1.29 is 24.9 Å². The molecule has 5 rings (SSSR count). The van der Waals surface area contributed by atoms with Crippen molar-refractivity contribution in [3.63, 3.8) is 0 Å². The van der Waals surface area contributed by atoms with E-state index in [4.69, 9.17) is 5.73 Å². The van der Waals surface area contributed by atoms with Crippen molar-refractivity contribution in [1.29, 1.82) is 0 Å². The van der Waals surface area contributed by atoms with Crippen LogP contribution in [0, 0.1) is 40.4 Å². The number of aliphatic hydroxyl groups is 3. The highest BCUT2D eigenvalue weighted by Crippen LogP contribution is 2.67. The van der Waals surface area contributed by atoms with Crippen molar-refractivity contribution in [1.82, 2.24) is 0 Å². The second-order valence-electron chi connectivity index (χ2n) is 13.0. The van der Waals surface area contributed by atoms with Crippen LogP contribution in [0.4, 0.5) is 5.69 Å². The molecule has 10 atom stereocenters. The molecule has 1 aromatic carbocycles. The second-order valence-corrected chi connectivity index (χ2v) is 13.0. The van der Waals surface area contributed by atoms with Crippen molar-refractivity contribution in [3.8, 4) is 0 Å². The van der Waals surface area contributed by atoms with E-state index in [1.165, 1.54) is 0 Å². The number of primary amides is 1. The first-order valence-corrected chi connectivity index (χ1v) is 14.3. The third-order valence-electron chi connectivity index (χ3n) is 11.4. The number of nitrogens with two attached hydrogens (primary N) is 1. The molecule has 4 saturated carbocycles. The van der Waals surface area contributed by atoms with Crippen LogP contribution in [0.2, 0.25) is 0 Å². The molecule has 0 saturated heterocycles. The number of benzene rings is 1. The van der Waals surface area contributed by atoms with Gasteiger partial charge in [-0.2, -0.15) is 0 Å². The Morgan fingerprint density at radius 2 is 1.78 bits per heavy atom. The van der Waals surface area contributed by atoms with Crippen molar-refractivity contribution in [2.45, 2.75) is 96.4 Å². The van der Waals surface area contributed by atoms with E-state index < -0.39 is 12.0 Å². The highest BCUT2D eigenvalue weighted by molar-refractivity contribution is 6.02. The first-order valence-electron chi connectivity index (χ1n) is 14.3. The molecular weight excluding hydrogens is 468 g/mol. The molecule has 0 radical (unpaired) electrons. The Hall–Kier alpha value is -1.96. The van der Waals surface area contributed by atoms with E-state index in [0.29, 0.717) is 35.9 Å². The van der Waals surface area contributed by atoms with Crippen LogP contribution in [-0.4, -0.2) is 45.4 Å². The summed E-state index contributed by atoms with van der Waals surface area (Å²) in [5.41, 5.74) is 5.99. The summed E-state index contributed by atoms with van der Waals surface area (Å²) in [6.07, 6.45) is 6.91. The molecule has 0 heterocycles. The van der Waals surface area contributed by atoms with Crippen LogP contribution in [0.1, 0.15) is 88.4 Å². The van der Waals surface area contributed by atoms with Gasteiger partial charge in [0.2, 0.25) is 5.91 Å². The summed E-state index contributed by atoms with van der Waals surface area (Å²) < 4.78 is 0. The average Bonchev–Trinajstić information content (AvgIpc) is 3.18. The van der Waals surface area contributed by atoms with Gasteiger partial charge in [-0.25, -0.2) is 0 Å². The number of carbonyl (C=O) groups is 2. The second kappa shape index (κ2) is 9.97. The van der Waals surface area contributed by atoms with Gasteiger partial charge in [0, 0.05) is 6.42 Å². The topological polar surface area (TPSA) is 133 Å². The molecule has 1 aromatic rings. The zero-order chi connectivity index (χ0) is 26.5. The van der Waals surface area contributed by atoms with Crippen LogP contribution in [0.3, 0.4) is 0 Å². The number of anilines is 1. The van der Waals surface area contributed by atoms with E-state index in [1.807, 2.05) is 0 Å². The molecule has 4 fully saturated rings. The highest BCUT2D eigenvalue weighted by Gasteiger charge is 2.65. The molecule has 0 unspecified atom stereocenters. The van der Waals surface area contributed by atoms with E-state index in [-0.39, 0.29) is 46.7 Å². The van der Waals surface area contributed by atoms with Gasteiger partial charge in [-0.15, -0.1) is 0 Å². The molecule has 6 N–H and O–H groups in total. The van der Waals surface area contributed by atoms with Gasteiger partial charge < -0.3 is 26.4 Å². The smallest absolute Gasteiger partial charge is 0.250 e. The third kappa shape index (κ3) is 4.51. The lowest BCUT2D eigenvalue weighted by molar-refractivity contribution is -0.204. The summed E-state index contributed by atoms with van der Waals surface area (Å²) in [5, 5.41) is 36.1. The number of rotatable bonds is 6. The minimum atomic E-state index is -0.570. The van der Waals surface area contributed by atoms with E-state index in [0.717, 1.165) is 51.4 Å². The zero-order valence-electron chi connectivity index (χ0n) is 22.2. The minimum Gasteiger partial charge on any atom is -0.393 e. The van der Waals surface area contributed by atoms with Crippen LogP contribution in [0.15, 0.2) is 24.3 Å². The molecule has 7 heteroatoms. The maximum atomic E-state index is 12.6. The summed E-state index contributed by atoms with van der Waals surface area (Å²) in [6, 6.07) is 6.77. The summed E-state index contributed by atoms with van der Waals surface area (Å²) in [5.74, 6) is 0.686. The Balaban J connectivity index is 1.24. The number of fused-ring (bicyclic) bond motifs is 5. The third-order valence-corrected chi connectivity index (χ3v) is 11.4. The van der Waals surface area contributed by atoms with Gasteiger partial charge in [-0.05, 0) is 110 Å². The molecule has 7 nitrogen and oxygen atoms in total. The summed E-state index contributed by atoms with van der Waals surface area (Å²) in [6.45, 7) is 4.58. The molecule has 37 heavy (non-hydrogen) atoms. The van der Waals surface area contributed by atoms with Crippen LogP contribution in [0.5, 0.6) is 0 Å². The Morgan fingerprint density at radius 1 is 1.03 bits per heavy atom. The van der Waals surface area contributed by atoms with E-state index >= 15 is 0 Å². The van der Waals surface area contributed by atoms with Crippen molar-refractivity contribution >= 4 is 17.5 Å². The zero-order valence-corrected chi connectivity index (χ0v) is 22.2. The fraction of sp³-hybridized carbons (Fsp3) is 0.733. The van der Waals surface area contributed by atoms with Crippen LogP contribution >= 0.6 is 0 Å². The van der Waals surface area contributed by atoms with Crippen molar-refractivity contribution in [3.05, 3.63) is 29.8 Å². The maximum Gasteiger partial charge on any atom is 0.250 e. The maximum absolute atomic E-state index is 12.6. The van der Waals surface area contributed by atoms with Gasteiger partial charge in [-0.1, -0.05) is 26.0 Å². The van der Waals surface area contributed by atoms with Crippen LogP contribution in [0.25, 0.3) is 0 Å². The molecule has 4 aliphatic rings. The summed E-state index contributed by atoms with van der Waals surface area (Å²) in [7, 11) is 0. The lowest BCUT2D eigenvalue weighted by Gasteiger charge is -2.63. The number of nitrogens with one attached hydrogen (secondary N) is 1. The number of aliphatic hydroxyl groups excluding tert-OH is 3. The van der Waals surface area contributed by atoms with E-state index in [1.54, 1.807) is 24.3 Å². The van der Waals surface area contributed by atoms with Gasteiger partial charge in [0.25, 0.3) is 5.91 Å². The number of hydrogen-bond donors (Lipinski definition) is 5. The predicted molar refractivity (Wildman–Crippen MR) is 141 cm³/mol. The standard InChI is InChI=1S/C30H44N2O5/c1-29-13-12-19(33)14-18(29)15-24(34)27-21-11-10-17(30(21,2)25(35)16-22(27)29)6-5-9-26(36)32-23-8-4-3-7-20(23)28(31)37/h3-4,7-8,17-19,21-22,24-25,27,33-35H,5-6,9-16H2,1-2H3,(H2,31,37)(H,32,36)/t17-,18-,19+,21-,22-,24+,25-,27-,29-,30+/m0/s1.